The van der Waals surface area contributed by atoms with Gasteiger partial charge in [-0.05, 0) is 56.8 Å². The van der Waals surface area contributed by atoms with Crippen LogP contribution in [-0.4, -0.2) is 72.2 Å². The molecule has 0 aliphatic carbocycles. The molecule has 0 spiro atoms. The molecule has 2 atom stereocenters. The molecule has 0 saturated carbocycles. The Morgan fingerprint density at radius 3 is 2.68 bits per heavy atom. The first-order valence-corrected chi connectivity index (χ1v) is 14.3. The van der Waals surface area contributed by atoms with E-state index in [0.717, 1.165) is 19.5 Å². The maximum Gasteiger partial charge on any atom is 0.271 e. The van der Waals surface area contributed by atoms with Gasteiger partial charge in [0.1, 0.15) is 24.1 Å². The van der Waals surface area contributed by atoms with Crippen LogP contribution in [0.25, 0.3) is 22.0 Å². The minimum atomic E-state index is -0.530. The Morgan fingerprint density at radius 1 is 1.24 bits per heavy atom. The molecule has 2 fully saturated rings. The maximum absolute atomic E-state index is 15.2. The van der Waals surface area contributed by atoms with Gasteiger partial charge in [-0.1, -0.05) is 29.8 Å². The van der Waals surface area contributed by atoms with E-state index in [0.29, 0.717) is 53.4 Å². The van der Waals surface area contributed by atoms with E-state index in [1.165, 1.54) is 24.3 Å². The van der Waals surface area contributed by atoms with Gasteiger partial charge in [0.2, 0.25) is 5.91 Å². The summed E-state index contributed by atoms with van der Waals surface area (Å²) in [5.41, 5.74) is 0.955. The third kappa shape index (κ3) is 4.55. The second-order valence-electron chi connectivity index (χ2n) is 10.7. The fourth-order valence-corrected chi connectivity index (χ4v) is 6.66. The number of ether oxygens (including phenoxy) is 1. The molecule has 1 amide bonds. The highest BCUT2D eigenvalue weighted by Gasteiger charge is 2.37. The normalized spacial score (nSPS) is 20.4. The largest absolute Gasteiger partial charge is 0.488 e. The van der Waals surface area contributed by atoms with E-state index in [1.807, 2.05) is 11.8 Å². The number of likely N-dealkylation sites (tertiary alicyclic amines) is 1. The number of carbonyl (C=O) groups is 1. The molecule has 8 nitrogen and oxygen atoms in total. The first-order valence-electron chi connectivity index (χ1n) is 13.6. The van der Waals surface area contributed by atoms with Crippen LogP contribution in [0, 0.1) is 17.1 Å². The van der Waals surface area contributed by atoms with Crippen molar-refractivity contribution in [3.05, 3.63) is 68.7 Å². The number of hydrogen-bond donors (Lipinski definition) is 0. The van der Waals surface area contributed by atoms with Crippen molar-refractivity contribution in [1.82, 2.24) is 14.4 Å². The molecule has 1 aromatic heterocycles. The van der Waals surface area contributed by atoms with Crippen LogP contribution in [-0.2, 0) is 4.79 Å². The van der Waals surface area contributed by atoms with Crippen molar-refractivity contribution in [2.45, 2.75) is 25.4 Å². The minimum Gasteiger partial charge on any atom is -0.488 e. The number of rotatable bonds is 5. The van der Waals surface area contributed by atoms with Crippen LogP contribution in [0.15, 0.2) is 41.7 Å². The molecule has 0 radical (unpaired) electrons. The molecule has 2 aromatic carbocycles. The Kier molecular flexibility index (Phi) is 7.18. The zero-order valence-corrected chi connectivity index (χ0v) is 24.0. The van der Waals surface area contributed by atoms with E-state index >= 15 is 4.39 Å². The summed E-state index contributed by atoms with van der Waals surface area (Å²) in [6.45, 7) is 9.30. The van der Waals surface area contributed by atoms with Crippen molar-refractivity contribution in [2.75, 3.05) is 50.8 Å². The summed E-state index contributed by atoms with van der Waals surface area (Å²) in [5, 5.41) is 11.4. The predicted octanol–water partition coefficient (Wildman–Crippen LogP) is 4.85. The Bertz CT molecular complexity index is 1700. The van der Waals surface area contributed by atoms with Gasteiger partial charge in [0, 0.05) is 53.8 Å². The second kappa shape index (κ2) is 10.7. The van der Waals surface area contributed by atoms with Gasteiger partial charge in [-0.15, -0.1) is 0 Å². The van der Waals surface area contributed by atoms with Crippen molar-refractivity contribution in [1.29, 1.82) is 5.26 Å². The Morgan fingerprint density at radius 2 is 2.02 bits per heavy atom. The van der Waals surface area contributed by atoms with Crippen molar-refractivity contribution in [2.24, 2.45) is 0 Å². The smallest absolute Gasteiger partial charge is 0.271 e. The number of halogens is 3. The molecule has 0 bridgehead atoms. The Hall–Kier alpha value is -3.58. The minimum absolute atomic E-state index is 0.00654. The van der Waals surface area contributed by atoms with Gasteiger partial charge in [-0.2, -0.15) is 5.26 Å². The highest BCUT2D eigenvalue weighted by atomic mass is 35.5. The van der Waals surface area contributed by atoms with Crippen molar-refractivity contribution in [3.63, 3.8) is 0 Å². The summed E-state index contributed by atoms with van der Waals surface area (Å²) in [7, 11) is 0. The SMILES string of the molecule is C=CC(=O)N1CCN(c2c(C#N)c(=O)n3c4c(c(-c5cc(Cl)ccc5F)c(Cl)cc24)OCC3CN2CCC2)C(C)C1. The highest BCUT2D eigenvalue weighted by molar-refractivity contribution is 6.35. The number of nitriles is 1. The van der Waals surface area contributed by atoms with Crippen molar-refractivity contribution < 1.29 is 13.9 Å². The summed E-state index contributed by atoms with van der Waals surface area (Å²) in [6, 6.07) is 7.50. The second-order valence-corrected chi connectivity index (χ2v) is 11.6. The third-order valence-corrected chi connectivity index (χ3v) is 8.82. The molecule has 3 aliphatic heterocycles. The number of aromatic nitrogens is 1. The van der Waals surface area contributed by atoms with Gasteiger partial charge in [0.05, 0.1) is 22.3 Å². The predicted molar refractivity (Wildman–Crippen MR) is 158 cm³/mol. The third-order valence-electron chi connectivity index (χ3n) is 8.29. The van der Waals surface area contributed by atoms with Crippen LogP contribution >= 0.6 is 23.2 Å². The molecule has 3 aliphatic rings. The van der Waals surface area contributed by atoms with Crippen LogP contribution in [0.5, 0.6) is 5.75 Å². The van der Waals surface area contributed by atoms with E-state index in [4.69, 9.17) is 27.9 Å². The fourth-order valence-electron chi connectivity index (χ4n) is 6.19. The molecule has 0 N–H and O–H groups in total. The van der Waals surface area contributed by atoms with E-state index in [2.05, 4.69) is 17.5 Å². The number of carbonyl (C=O) groups excluding carboxylic acids is 1. The molecule has 11 heteroatoms. The summed E-state index contributed by atoms with van der Waals surface area (Å²) >= 11 is 13.1. The standard InChI is InChI=1S/C30H28Cl2FN5O3/c1-3-25(39)36-9-10-37(17(2)14-36)27-21-12-23(32)26(20-11-18(31)5-6-24(20)33)29-28(21)38(30(40)22(27)13-34)19(16-41-29)15-35-7-4-8-35/h3,5-6,11-12,17,19H,1,4,7-10,14-16H2,2H3. The number of hydrogen-bond acceptors (Lipinski definition) is 6. The van der Waals surface area contributed by atoms with E-state index in [9.17, 15) is 14.9 Å². The zero-order valence-electron chi connectivity index (χ0n) is 22.5. The average Bonchev–Trinajstić information content (AvgIpc) is 2.93. The summed E-state index contributed by atoms with van der Waals surface area (Å²) in [6.07, 6.45) is 2.37. The molecule has 4 heterocycles. The molecule has 212 valence electrons. The molecular weight excluding hydrogens is 568 g/mol. The van der Waals surface area contributed by atoms with Crippen molar-refractivity contribution in [3.8, 4) is 22.9 Å². The molecule has 2 saturated heterocycles. The molecule has 3 aromatic rings. The number of amides is 1. The van der Waals surface area contributed by atoms with Crippen LogP contribution in [0.1, 0.15) is 24.9 Å². The lowest BCUT2D eigenvalue weighted by atomic mass is 9.96. The monoisotopic (exact) mass is 595 g/mol. The topological polar surface area (TPSA) is 81.8 Å². The van der Waals surface area contributed by atoms with Crippen LogP contribution in [0.4, 0.5) is 10.1 Å². The Labute approximate surface area is 246 Å². The molecule has 2 unspecified atom stereocenters. The number of piperazine rings is 1. The zero-order chi connectivity index (χ0) is 29.0. The number of anilines is 1. The van der Waals surface area contributed by atoms with E-state index in [1.54, 1.807) is 15.5 Å². The number of benzene rings is 2. The Balaban J connectivity index is 1.63. The van der Waals surface area contributed by atoms with E-state index < -0.39 is 11.4 Å². The van der Waals surface area contributed by atoms with Gasteiger partial charge >= 0.3 is 0 Å². The van der Waals surface area contributed by atoms with Gasteiger partial charge in [0.25, 0.3) is 5.56 Å². The van der Waals surface area contributed by atoms with Gasteiger partial charge in [-0.3, -0.25) is 14.2 Å². The summed E-state index contributed by atoms with van der Waals surface area (Å²) in [4.78, 5) is 32.4. The van der Waals surface area contributed by atoms with Crippen LogP contribution in [0.3, 0.4) is 0 Å². The first kappa shape index (κ1) is 27.6. The van der Waals surface area contributed by atoms with Gasteiger partial charge in [-0.25, -0.2) is 4.39 Å². The van der Waals surface area contributed by atoms with Crippen LogP contribution in [0.2, 0.25) is 10.0 Å². The first-order chi connectivity index (χ1) is 19.7. The van der Waals surface area contributed by atoms with E-state index in [-0.39, 0.29) is 46.5 Å². The summed E-state index contributed by atoms with van der Waals surface area (Å²) in [5.74, 6) is -0.422. The van der Waals surface area contributed by atoms with Crippen LogP contribution < -0.4 is 15.2 Å². The molecule has 41 heavy (non-hydrogen) atoms. The fraction of sp³-hybridized carbons (Fsp3) is 0.367. The lowest BCUT2D eigenvalue weighted by Gasteiger charge is -2.42. The lowest BCUT2D eigenvalue weighted by Crippen LogP contribution is -2.54. The summed E-state index contributed by atoms with van der Waals surface area (Å²) < 4.78 is 23.2. The lowest BCUT2D eigenvalue weighted by molar-refractivity contribution is -0.126. The average molecular weight is 596 g/mol. The van der Waals surface area contributed by atoms with Crippen molar-refractivity contribution >= 4 is 45.7 Å². The molecule has 6 rings (SSSR count). The van der Waals surface area contributed by atoms with Gasteiger partial charge in [0.15, 0.2) is 5.75 Å². The quantitative estimate of drug-likeness (QED) is 0.392. The maximum atomic E-state index is 15.2. The van der Waals surface area contributed by atoms with Gasteiger partial charge < -0.3 is 19.4 Å². The number of pyridine rings is 1. The number of nitrogens with zero attached hydrogens (tertiary/aromatic N) is 5. The molecular formula is C30H28Cl2FN5O3. The highest BCUT2D eigenvalue weighted by Crippen LogP contribution is 2.48.